The average molecular weight is 386 g/mol. The number of hydrogen-bond acceptors (Lipinski definition) is 1. The van der Waals surface area contributed by atoms with Crippen LogP contribution >= 0.6 is 22.6 Å². The Labute approximate surface area is 138 Å². The number of halogens is 1. The molecule has 0 amide bonds. The first-order valence-corrected chi connectivity index (χ1v) is 8.42. The second-order valence-corrected chi connectivity index (χ2v) is 7.01. The van der Waals surface area contributed by atoms with E-state index in [4.69, 9.17) is 4.74 Å². The van der Waals surface area contributed by atoms with Crippen LogP contribution in [-0.4, -0.2) is 10.5 Å². The summed E-state index contributed by atoms with van der Waals surface area (Å²) in [7, 11) is 0. The van der Waals surface area contributed by atoms with E-state index in [1.807, 2.05) is 0 Å². The largest absolute Gasteiger partial charge is 0.492 e. The number of alkyl halides is 1. The second kappa shape index (κ2) is 5.34. The molecule has 1 aliphatic heterocycles. The topological polar surface area (TPSA) is 9.23 Å². The molecule has 1 aliphatic rings. The predicted octanol–water partition coefficient (Wildman–Crippen LogP) is 5.17. The molecule has 1 nitrogen and oxygen atoms in total. The van der Waals surface area contributed by atoms with Crippen LogP contribution in [-0.2, 0) is 0 Å². The Morgan fingerprint density at radius 3 is 2.48 bits per heavy atom. The third-order valence-corrected chi connectivity index (χ3v) is 5.24. The van der Waals surface area contributed by atoms with Crippen molar-refractivity contribution in [3.05, 3.63) is 77.9 Å². The van der Waals surface area contributed by atoms with Crippen molar-refractivity contribution in [2.45, 2.75) is 9.84 Å². The molecule has 2 heteroatoms. The van der Waals surface area contributed by atoms with E-state index in [9.17, 15) is 0 Å². The van der Waals surface area contributed by atoms with Gasteiger partial charge in [-0.05, 0) is 22.4 Å². The molecule has 0 saturated carbocycles. The molecule has 0 bridgehead atoms. The van der Waals surface area contributed by atoms with E-state index in [1.54, 1.807) is 0 Å². The summed E-state index contributed by atoms with van der Waals surface area (Å²) in [4.78, 5) is 0. The molecule has 0 fully saturated rings. The van der Waals surface area contributed by atoms with Crippen LogP contribution in [0, 0.1) is 0 Å². The molecular weight excluding hydrogens is 371 g/mol. The smallest absolute Gasteiger partial charge is 0.123 e. The van der Waals surface area contributed by atoms with Crippen molar-refractivity contribution in [1.29, 1.82) is 0 Å². The summed E-state index contributed by atoms with van der Waals surface area (Å²) in [6, 6.07) is 23.7. The fourth-order valence-corrected chi connectivity index (χ4v) is 4.16. The van der Waals surface area contributed by atoms with Crippen LogP contribution in [0.4, 0.5) is 0 Å². The Morgan fingerprint density at radius 2 is 1.62 bits per heavy atom. The van der Waals surface area contributed by atoms with E-state index >= 15 is 0 Å². The third-order valence-electron chi connectivity index (χ3n) is 4.16. The first kappa shape index (κ1) is 13.1. The van der Waals surface area contributed by atoms with Crippen LogP contribution < -0.4 is 4.74 Å². The van der Waals surface area contributed by atoms with E-state index < -0.39 is 0 Å². The zero-order chi connectivity index (χ0) is 14.2. The molecular formula is C19H15IO. The van der Waals surface area contributed by atoms with Crippen molar-refractivity contribution < 1.29 is 4.74 Å². The van der Waals surface area contributed by atoms with Crippen molar-refractivity contribution >= 4 is 33.4 Å². The highest BCUT2D eigenvalue weighted by molar-refractivity contribution is 14.1. The lowest BCUT2D eigenvalue weighted by atomic mass is 9.84. The van der Waals surface area contributed by atoms with Gasteiger partial charge in [0.05, 0.1) is 3.92 Å². The minimum absolute atomic E-state index is 0.390. The van der Waals surface area contributed by atoms with Gasteiger partial charge in [0, 0.05) is 11.5 Å². The maximum Gasteiger partial charge on any atom is 0.123 e. The molecule has 0 aromatic heterocycles. The van der Waals surface area contributed by atoms with Crippen LogP contribution in [0.2, 0.25) is 0 Å². The minimum Gasteiger partial charge on any atom is -0.492 e. The van der Waals surface area contributed by atoms with Crippen molar-refractivity contribution in [1.82, 2.24) is 0 Å². The van der Waals surface area contributed by atoms with Gasteiger partial charge in [-0.15, -0.1) is 0 Å². The molecule has 104 valence electrons. The fourth-order valence-electron chi connectivity index (χ4n) is 3.20. The summed E-state index contributed by atoms with van der Waals surface area (Å²) in [5.74, 6) is 1.43. The summed E-state index contributed by atoms with van der Waals surface area (Å²) >= 11 is 2.53. The maximum atomic E-state index is 5.99. The van der Waals surface area contributed by atoms with E-state index in [2.05, 4.69) is 89.3 Å². The Kier molecular flexibility index (Phi) is 3.34. The first-order valence-electron chi connectivity index (χ1n) is 7.18. The number of fused-ring (bicyclic) bond motifs is 3. The molecule has 0 spiro atoms. The average Bonchev–Trinajstić information content (AvgIpc) is 2.55. The van der Waals surface area contributed by atoms with Gasteiger partial charge in [0.2, 0.25) is 0 Å². The van der Waals surface area contributed by atoms with Gasteiger partial charge in [-0.1, -0.05) is 83.3 Å². The van der Waals surface area contributed by atoms with Crippen LogP contribution in [0.5, 0.6) is 5.75 Å². The molecule has 0 saturated heterocycles. The molecule has 0 aliphatic carbocycles. The lowest BCUT2D eigenvalue weighted by molar-refractivity contribution is 0.290. The van der Waals surface area contributed by atoms with Gasteiger partial charge in [-0.2, -0.15) is 0 Å². The maximum absolute atomic E-state index is 5.99. The Balaban J connectivity index is 2.00. The summed E-state index contributed by atoms with van der Waals surface area (Å²) < 4.78 is 6.44. The Hall–Kier alpha value is -1.55. The standard InChI is InChI=1S/C19H15IO/c20-16-12-21-17-11-10-13-6-4-5-9-15(13)19(17)18(16)14-7-2-1-3-8-14/h1-11,16,18H,12H2/t16-,18+/m1/s1. The summed E-state index contributed by atoms with van der Waals surface area (Å²) in [5, 5.41) is 2.59. The normalized spacial score (nSPS) is 20.8. The molecule has 0 N–H and O–H groups in total. The molecule has 2 atom stereocenters. The van der Waals surface area contributed by atoms with E-state index in [0.717, 1.165) is 12.4 Å². The number of ether oxygens (including phenoxy) is 1. The van der Waals surface area contributed by atoms with Gasteiger partial charge < -0.3 is 4.74 Å². The zero-order valence-electron chi connectivity index (χ0n) is 11.5. The second-order valence-electron chi connectivity index (χ2n) is 5.41. The van der Waals surface area contributed by atoms with Crippen LogP contribution in [0.3, 0.4) is 0 Å². The summed E-state index contributed by atoms with van der Waals surface area (Å²) in [5.41, 5.74) is 2.71. The van der Waals surface area contributed by atoms with Crippen LogP contribution in [0.1, 0.15) is 17.0 Å². The minimum atomic E-state index is 0.390. The molecule has 21 heavy (non-hydrogen) atoms. The predicted molar refractivity (Wildman–Crippen MR) is 95.5 cm³/mol. The zero-order valence-corrected chi connectivity index (χ0v) is 13.7. The van der Waals surface area contributed by atoms with Crippen molar-refractivity contribution in [2.24, 2.45) is 0 Å². The Morgan fingerprint density at radius 1 is 0.857 bits per heavy atom. The van der Waals surface area contributed by atoms with Gasteiger partial charge in [-0.25, -0.2) is 0 Å². The quantitative estimate of drug-likeness (QED) is 0.414. The number of benzene rings is 3. The lowest BCUT2D eigenvalue weighted by Gasteiger charge is -2.32. The van der Waals surface area contributed by atoms with E-state index in [1.165, 1.54) is 21.9 Å². The van der Waals surface area contributed by atoms with Crippen molar-refractivity contribution in [2.75, 3.05) is 6.61 Å². The molecule has 3 aromatic carbocycles. The summed E-state index contributed by atoms with van der Waals surface area (Å²) in [6.45, 7) is 0.769. The van der Waals surface area contributed by atoms with Crippen LogP contribution in [0.15, 0.2) is 66.7 Å². The molecule has 0 radical (unpaired) electrons. The first-order chi connectivity index (χ1) is 10.3. The molecule has 3 aromatic rings. The summed E-state index contributed by atoms with van der Waals surface area (Å²) in [6.07, 6.45) is 0. The van der Waals surface area contributed by atoms with Gasteiger partial charge in [0.25, 0.3) is 0 Å². The van der Waals surface area contributed by atoms with Crippen LogP contribution in [0.25, 0.3) is 10.8 Å². The van der Waals surface area contributed by atoms with Gasteiger partial charge in [0.1, 0.15) is 12.4 Å². The fraction of sp³-hybridized carbons (Fsp3) is 0.158. The van der Waals surface area contributed by atoms with Gasteiger partial charge in [-0.3, -0.25) is 0 Å². The molecule has 4 rings (SSSR count). The lowest BCUT2D eigenvalue weighted by Crippen LogP contribution is -2.27. The van der Waals surface area contributed by atoms with Crippen molar-refractivity contribution in [3.63, 3.8) is 0 Å². The van der Waals surface area contributed by atoms with E-state index in [0.29, 0.717) is 9.84 Å². The van der Waals surface area contributed by atoms with E-state index in [-0.39, 0.29) is 0 Å². The molecule has 0 unspecified atom stereocenters. The van der Waals surface area contributed by atoms with Crippen molar-refractivity contribution in [3.8, 4) is 5.75 Å². The number of hydrogen-bond donors (Lipinski definition) is 0. The molecule has 1 heterocycles. The van der Waals surface area contributed by atoms with Gasteiger partial charge >= 0.3 is 0 Å². The van der Waals surface area contributed by atoms with Gasteiger partial charge in [0.15, 0.2) is 0 Å². The Bertz CT molecular complexity index is 782. The highest BCUT2D eigenvalue weighted by atomic mass is 127. The SMILES string of the molecule is I[C@@H]1COc2ccc3ccccc3c2[C@H]1c1ccccc1. The number of rotatable bonds is 1. The highest BCUT2D eigenvalue weighted by Gasteiger charge is 2.31. The monoisotopic (exact) mass is 386 g/mol. The third kappa shape index (κ3) is 2.22. The highest BCUT2D eigenvalue weighted by Crippen LogP contribution is 2.44.